The van der Waals surface area contributed by atoms with Crippen LogP contribution in [0.4, 0.5) is 0 Å². The number of rotatable bonds is 5. The Morgan fingerprint density at radius 3 is 2.33 bits per heavy atom. The SMILES string of the molecule is CC(C)(C)c1ccc(C(C)(C)C)c(C(=O)c2cccc(OCC3CO3)c2)c1. The van der Waals surface area contributed by atoms with Gasteiger partial charge in [0.1, 0.15) is 18.5 Å². The molecule has 3 nitrogen and oxygen atoms in total. The molecule has 0 aromatic heterocycles. The van der Waals surface area contributed by atoms with Crippen LogP contribution in [-0.4, -0.2) is 25.1 Å². The number of carbonyl (C=O) groups is 1. The average molecular weight is 367 g/mol. The maximum absolute atomic E-state index is 13.4. The Kier molecular flexibility index (Phi) is 5.18. The highest BCUT2D eigenvalue weighted by Gasteiger charge is 2.26. The number of carbonyl (C=O) groups excluding carboxylic acids is 1. The van der Waals surface area contributed by atoms with Crippen LogP contribution in [0.5, 0.6) is 5.75 Å². The molecule has 1 aliphatic heterocycles. The monoisotopic (exact) mass is 366 g/mol. The van der Waals surface area contributed by atoms with Crippen molar-refractivity contribution in [2.75, 3.05) is 13.2 Å². The molecular formula is C24H30O3. The molecule has 3 heteroatoms. The summed E-state index contributed by atoms with van der Waals surface area (Å²) in [6.45, 7) is 14.2. The van der Waals surface area contributed by atoms with Gasteiger partial charge in [0, 0.05) is 11.1 Å². The molecule has 2 aromatic carbocycles. The summed E-state index contributed by atoms with van der Waals surface area (Å²) in [5, 5.41) is 0. The Labute approximate surface area is 162 Å². The summed E-state index contributed by atoms with van der Waals surface area (Å²) in [7, 11) is 0. The quantitative estimate of drug-likeness (QED) is 0.533. The number of benzene rings is 2. The topological polar surface area (TPSA) is 38.8 Å². The number of ketones is 1. The van der Waals surface area contributed by atoms with E-state index in [4.69, 9.17) is 9.47 Å². The second-order valence-corrected chi connectivity index (χ2v) is 9.38. The van der Waals surface area contributed by atoms with E-state index in [1.807, 2.05) is 24.3 Å². The molecular weight excluding hydrogens is 336 g/mol. The van der Waals surface area contributed by atoms with Crippen molar-refractivity contribution in [2.45, 2.75) is 58.5 Å². The fourth-order valence-electron chi connectivity index (χ4n) is 3.09. The van der Waals surface area contributed by atoms with E-state index in [0.29, 0.717) is 17.9 Å². The fourth-order valence-corrected chi connectivity index (χ4v) is 3.09. The maximum Gasteiger partial charge on any atom is 0.193 e. The summed E-state index contributed by atoms with van der Waals surface area (Å²) < 4.78 is 10.9. The van der Waals surface area contributed by atoms with Gasteiger partial charge >= 0.3 is 0 Å². The molecule has 0 saturated carbocycles. The molecule has 0 bridgehead atoms. The first-order valence-electron chi connectivity index (χ1n) is 9.60. The molecule has 0 amide bonds. The van der Waals surface area contributed by atoms with E-state index in [2.05, 4.69) is 59.7 Å². The molecule has 144 valence electrons. The van der Waals surface area contributed by atoms with Gasteiger partial charge in [-0.1, -0.05) is 65.8 Å². The summed E-state index contributed by atoms with van der Waals surface area (Å²) in [4.78, 5) is 13.4. The number of ether oxygens (including phenoxy) is 2. The molecule has 3 rings (SSSR count). The Balaban J connectivity index is 1.98. The Morgan fingerprint density at radius 2 is 1.74 bits per heavy atom. The lowest BCUT2D eigenvalue weighted by Gasteiger charge is -2.26. The molecule has 0 radical (unpaired) electrons. The van der Waals surface area contributed by atoms with Gasteiger partial charge in [0.05, 0.1) is 6.61 Å². The van der Waals surface area contributed by atoms with Crippen LogP contribution in [0.3, 0.4) is 0 Å². The zero-order chi connectivity index (χ0) is 19.8. The Bertz CT molecular complexity index is 833. The zero-order valence-electron chi connectivity index (χ0n) is 17.3. The van der Waals surface area contributed by atoms with Crippen LogP contribution in [-0.2, 0) is 15.6 Å². The molecule has 1 aliphatic rings. The average Bonchev–Trinajstić information content (AvgIpc) is 3.42. The first-order chi connectivity index (χ1) is 12.6. The minimum Gasteiger partial charge on any atom is -0.491 e. The Morgan fingerprint density at radius 1 is 1.04 bits per heavy atom. The van der Waals surface area contributed by atoms with Crippen molar-refractivity contribution in [1.82, 2.24) is 0 Å². The molecule has 0 N–H and O–H groups in total. The van der Waals surface area contributed by atoms with Gasteiger partial charge in [-0.25, -0.2) is 0 Å². The summed E-state index contributed by atoms with van der Waals surface area (Å²) in [6.07, 6.45) is 0.195. The highest BCUT2D eigenvalue weighted by Crippen LogP contribution is 2.32. The van der Waals surface area contributed by atoms with Gasteiger partial charge < -0.3 is 9.47 Å². The third kappa shape index (κ3) is 4.78. The minimum absolute atomic E-state index is 0.0132. The lowest BCUT2D eigenvalue weighted by atomic mass is 9.78. The molecule has 0 spiro atoms. The number of hydrogen-bond donors (Lipinski definition) is 0. The summed E-state index contributed by atoms with van der Waals surface area (Å²) in [6, 6.07) is 13.8. The highest BCUT2D eigenvalue weighted by molar-refractivity contribution is 6.10. The van der Waals surface area contributed by atoms with E-state index in [9.17, 15) is 4.79 Å². The fraction of sp³-hybridized carbons (Fsp3) is 0.458. The lowest BCUT2D eigenvalue weighted by Crippen LogP contribution is -2.20. The van der Waals surface area contributed by atoms with Crippen molar-refractivity contribution in [1.29, 1.82) is 0 Å². The van der Waals surface area contributed by atoms with Gasteiger partial charge in [-0.3, -0.25) is 4.79 Å². The first-order valence-corrected chi connectivity index (χ1v) is 9.60. The largest absolute Gasteiger partial charge is 0.491 e. The Hall–Kier alpha value is -2.13. The highest BCUT2D eigenvalue weighted by atomic mass is 16.6. The zero-order valence-corrected chi connectivity index (χ0v) is 17.3. The van der Waals surface area contributed by atoms with Gasteiger partial charge in [-0.2, -0.15) is 0 Å². The van der Waals surface area contributed by atoms with E-state index in [-0.39, 0.29) is 22.7 Å². The van der Waals surface area contributed by atoms with Crippen molar-refractivity contribution in [3.8, 4) is 5.75 Å². The summed E-state index contributed by atoms with van der Waals surface area (Å²) in [5.74, 6) is 0.750. The molecule has 1 atom stereocenters. The standard InChI is InChI=1S/C24H30O3/c1-23(2,3)17-10-11-21(24(4,5)6)20(13-17)22(25)16-8-7-9-18(12-16)26-14-19-15-27-19/h7-13,19H,14-15H2,1-6H3. The molecule has 1 unspecified atom stereocenters. The molecule has 1 fully saturated rings. The van der Waals surface area contributed by atoms with Crippen LogP contribution >= 0.6 is 0 Å². The van der Waals surface area contributed by atoms with Crippen LogP contribution in [0.1, 0.15) is 68.6 Å². The van der Waals surface area contributed by atoms with Gasteiger partial charge in [0.15, 0.2) is 5.78 Å². The smallest absolute Gasteiger partial charge is 0.193 e. The second-order valence-electron chi connectivity index (χ2n) is 9.38. The van der Waals surface area contributed by atoms with Crippen LogP contribution in [0.25, 0.3) is 0 Å². The minimum atomic E-state index is -0.112. The van der Waals surface area contributed by atoms with Crippen LogP contribution in [0.15, 0.2) is 42.5 Å². The third-order valence-corrected chi connectivity index (χ3v) is 4.87. The molecule has 0 aliphatic carbocycles. The third-order valence-electron chi connectivity index (χ3n) is 4.87. The number of epoxide rings is 1. The molecule has 1 heterocycles. The lowest BCUT2D eigenvalue weighted by molar-refractivity contribution is 0.103. The van der Waals surface area contributed by atoms with E-state index in [1.165, 1.54) is 0 Å². The molecule has 2 aromatic rings. The summed E-state index contributed by atoms with van der Waals surface area (Å²) in [5.41, 5.74) is 3.54. The van der Waals surface area contributed by atoms with Crippen LogP contribution in [0.2, 0.25) is 0 Å². The van der Waals surface area contributed by atoms with Gasteiger partial charge in [-0.15, -0.1) is 0 Å². The van der Waals surface area contributed by atoms with Crippen molar-refractivity contribution in [3.63, 3.8) is 0 Å². The van der Waals surface area contributed by atoms with Crippen molar-refractivity contribution >= 4 is 5.78 Å². The second kappa shape index (κ2) is 7.12. The van der Waals surface area contributed by atoms with E-state index in [0.717, 1.165) is 23.3 Å². The predicted molar refractivity (Wildman–Crippen MR) is 109 cm³/mol. The van der Waals surface area contributed by atoms with Crippen LogP contribution in [0, 0.1) is 0 Å². The maximum atomic E-state index is 13.4. The van der Waals surface area contributed by atoms with Gasteiger partial charge in [0.25, 0.3) is 0 Å². The van der Waals surface area contributed by atoms with Crippen molar-refractivity contribution < 1.29 is 14.3 Å². The van der Waals surface area contributed by atoms with E-state index in [1.54, 1.807) is 0 Å². The predicted octanol–water partition coefficient (Wildman–Crippen LogP) is 5.29. The van der Waals surface area contributed by atoms with E-state index < -0.39 is 0 Å². The van der Waals surface area contributed by atoms with E-state index >= 15 is 0 Å². The molecule has 27 heavy (non-hydrogen) atoms. The van der Waals surface area contributed by atoms with Crippen molar-refractivity contribution in [3.05, 3.63) is 64.7 Å². The molecule has 1 saturated heterocycles. The first kappa shape index (κ1) is 19.6. The number of hydrogen-bond acceptors (Lipinski definition) is 3. The van der Waals surface area contributed by atoms with Crippen molar-refractivity contribution in [2.24, 2.45) is 0 Å². The normalized spacial score (nSPS) is 16.9. The van der Waals surface area contributed by atoms with Gasteiger partial charge in [0.2, 0.25) is 0 Å². The summed E-state index contributed by atoms with van der Waals surface area (Å²) >= 11 is 0. The van der Waals surface area contributed by atoms with Gasteiger partial charge in [-0.05, 0) is 40.2 Å². The van der Waals surface area contributed by atoms with Crippen LogP contribution < -0.4 is 4.74 Å².